The molecule has 0 saturated heterocycles. The van der Waals surface area contributed by atoms with E-state index in [0.717, 1.165) is 11.1 Å². The molecule has 1 aromatic rings. The Labute approximate surface area is 140 Å². The number of Topliss-reactive ketones (excluding diaryl/α,β-unsaturated/α-hetero) is 1. The first-order chi connectivity index (χ1) is 10.6. The number of rotatable bonds is 7. The van der Waals surface area contributed by atoms with Crippen LogP contribution < -0.4 is 4.74 Å². The van der Waals surface area contributed by atoms with E-state index in [0.29, 0.717) is 11.7 Å². The number of carbonyl (C=O) groups excluding carboxylic acids is 2. The average Bonchev–Trinajstić information content (AvgIpc) is 2.44. The Morgan fingerprint density at radius 1 is 0.870 bits per heavy atom. The van der Waals surface area contributed by atoms with E-state index in [1.807, 2.05) is 0 Å². The molecule has 3 heteroatoms. The molecule has 0 aromatic heterocycles. The van der Waals surface area contributed by atoms with Gasteiger partial charge in [0.1, 0.15) is 11.5 Å². The van der Waals surface area contributed by atoms with Crippen LogP contribution in [0, 0.1) is 0 Å². The minimum Gasteiger partial charge on any atom is -0.426 e. The lowest BCUT2D eigenvalue weighted by molar-refractivity contribution is -0.136. The number of ketones is 1. The van der Waals surface area contributed by atoms with Gasteiger partial charge in [0.2, 0.25) is 0 Å². The summed E-state index contributed by atoms with van der Waals surface area (Å²) in [6.07, 6.45) is 0.368. The number of ether oxygens (including phenoxy) is 1. The third-order valence-electron chi connectivity index (χ3n) is 3.98. The molecule has 0 bridgehead atoms. The maximum atomic E-state index is 12.1. The zero-order chi connectivity index (χ0) is 17.7. The van der Waals surface area contributed by atoms with Crippen LogP contribution in [0.1, 0.15) is 95.8 Å². The maximum absolute atomic E-state index is 12.1. The topological polar surface area (TPSA) is 43.4 Å². The normalized spacial score (nSPS) is 11.4. The number of hydrogen-bond acceptors (Lipinski definition) is 3. The highest BCUT2D eigenvalue weighted by Gasteiger charge is 2.20. The summed E-state index contributed by atoms with van der Waals surface area (Å²) in [5.41, 5.74) is 3.40. The van der Waals surface area contributed by atoms with Gasteiger partial charge in [0.05, 0.1) is 6.42 Å². The molecule has 0 unspecified atom stereocenters. The lowest BCUT2D eigenvalue weighted by Gasteiger charge is -2.22. The van der Waals surface area contributed by atoms with Gasteiger partial charge in [-0.25, -0.2) is 0 Å². The summed E-state index contributed by atoms with van der Waals surface area (Å²) in [6.45, 7) is 14.3. The molecule has 0 aliphatic rings. The van der Waals surface area contributed by atoms with E-state index in [-0.39, 0.29) is 36.4 Å². The third kappa shape index (κ3) is 5.49. The summed E-state index contributed by atoms with van der Waals surface area (Å²) in [4.78, 5) is 23.2. The summed E-state index contributed by atoms with van der Waals surface area (Å²) in [5.74, 6) is 1.32. The van der Waals surface area contributed by atoms with Crippen LogP contribution in [-0.2, 0) is 9.59 Å². The Bertz CT molecular complexity index is 539. The Morgan fingerprint density at radius 2 is 1.35 bits per heavy atom. The lowest BCUT2D eigenvalue weighted by atomic mass is 9.88. The first-order valence-corrected chi connectivity index (χ1v) is 8.51. The Kier molecular flexibility index (Phi) is 6.99. The summed E-state index contributed by atoms with van der Waals surface area (Å²) in [6, 6.07) is 4.30. The first kappa shape index (κ1) is 19.4. The van der Waals surface area contributed by atoms with Crippen molar-refractivity contribution in [3.63, 3.8) is 0 Å². The second-order valence-electron chi connectivity index (χ2n) is 7.17. The van der Waals surface area contributed by atoms with Gasteiger partial charge in [-0.2, -0.15) is 0 Å². The van der Waals surface area contributed by atoms with E-state index in [4.69, 9.17) is 4.74 Å². The predicted octanol–water partition coefficient (Wildman–Crippen LogP) is 5.33. The van der Waals surface area contributed by atoms with Crippen LogP contribution >= 0.6 is 0 Å². The van der Waals surface area contributed by atoms with Gasteiger partial charge in [-0.1, -0.05) is 53.7 Å². The minimum absolute atomic E-state index is 0.00488. The molecular weight excluding hydrogens is 288 g/mol. The van der Waals surface area contributed by atoms with E-state index in [1.54, 1.807) is 0 Å². The Hall–Kier alpha value is -1.64. The van der Waals surface area contributed by atoms with Gasteiger partial charge in [0.25, 0.3) is 0 Å². The lowest BCUT2D eigenvalue weighted by Crippen LogP contribution is -2.14. The van der Waals surface area contributed by atoms with E-state index >= 15 is 0 Å². The fourth-order valence-electron chi connectivity index (χ4n) is 2.45. The molecule has 0 N–H and O–H groups in total. The highest BCUT2D eigenvalue weighted by molar-refractivity contribution is 5.82. The van der Waals surface area contributed by atoms with Crippen molar-refractivity contribution in [1.29, 1.82) is 0 Å². The first-order valence-electron chi connectivity index (χ1n) is 8.51. The molecule has 3 nitrogen and oxygen atoms in total. The van der Waals surface area contributed by atoms with Gasteiger partial charge in [-0.15, -0.1) is 0 Å². The van der Waals surface area contributed by atoms with Crippen LogP contribution in [0.4, 0.5) is 0 Å². The summed E-state index contributed by atoms with van der Waals surface area (Å²) in [7, 11) is 0. The van der Waals surface area contributed by atoms with Crippen LogP contribution in [0.15, 0.2) is 12.1 Å². The summed E-state index contributed by atoms with van der Waals surface area (Å²) < 4.78 is 5.69. The SMILES string of the molecule is CC(=O)CCC(=O)Oc1c(C(C)C)cc(C(C)C)cc1C(C)C. The third-order valence-corrected chi connectivity index (χ3v) is 3.98. The molecule has 0 saturated carbocycles. The number of esters is 1. The van der Waals surface area contributed by atoms with Gasteiger partial charge in [-0.3, -0.25) is 4.79 Å². The number of carbonyl (C=O) groups is 2. The standard InChI is InChI=1S/C20H30O3/c1-12(2)16-10-17(13(3)4)20(18(11-16)14(5)6)23-19(22)9-8-15(7)21/h10-14H,8-9H2,1-7H3. The fourth-order valence-corrected chi connectivity index (χ4v) is 2.45. The molecule has 23 heavy (non-hydrogen) atoms. The minimum atomic E-state index is -0.332. The monoisotopic (exact) mass is 318 g/mol. The van der Waals surface area contributed by atoms with Crippen LogP contribution in [-0.4, -0.2) is 11.8 Å². The molecule has 0 aliphatic carbocycles. The smallest absolute Gasteiger partial charge is 0.311 e. The number of hydrogen-bond donors (Lipinski definition) is 0. The number of benzene rings is 1. The van der Waals surface area contributed by atoms with Gasteiger partial charge in [0, 0.05) is 6.42 Å². The van der Waals surface area contributed by atoms with Gasteiger partial charge < -0.3 is 9.53 Å². The van der Waals surface area contributed by atoms with Crippen molar-refractivity contribution < 1.29 is 14.3 Å². The van der Waals surface area contributed by atoms with Crippen molar-refractivity contribution in [2.45, 2.75) is 79.1 Å². The molecule has 0 atom stereocenters. The van der Waals surface area contributed by atoms with Gasteiger partial charge >= 0.3 is 5.97 Å². The quantitative estimate of drug-likeness (QED) is 0.504. The molecule has 128 valence electrons. The van der Waals surface area contributed by atoms with Crippen molar-refractivity contribution in [2.24, 2.45) is 0 Å². The van der Waals surface area contributed by atoms with E-state index < -0.39 is 0 Å². The summed E-state index contributed by atoms with van der Waals surface area (Å²) in [5, 5.41) is 0. The Balaban J connectivity index is 3.26. The van der Waals surface area contributed by atoms with Crippen LogP contribution in [0.3, 0.4) is 0 Å². The molecule has 0 heterocycles. The molecule has 0 fully saturated rings. The fraction of sp³-hybridized carbons (Fsp3) is 0.600. The highest BCUT2D eigenvalue weighted by Crippen LogP contribution is 2.37. The van der Waals surface area contributed by atoms with Crippen molar-refractivity contribution in [3.05, 3.63) is 28.8 Å². The summed E-state index contributed by atoms with van der Waals surface area (Å²) >= 11 is 0. The molecule has 1 rings (SSSR count). The molecular formula is C20H30O3. The van der Waals surface area contributed by atoms with Crippen molar-refractivity contribution in [1.82, 2.24) is 0 Å². The van der Waals surface area contributed by atoms with Crippen LogP contribution in [0.25, 0.3) is 0 Å². The molecule has 0 radical (unpaired) electrons. The second-order valence-corrected chi connectivity index (χ2v) is 7.17. The average molecular weight is 318 g/mol. The molecule has 1 aromatic carbocycles. The van der Waals surface area contributed by atoms with E-state index in [9.17, 15) is 9.59 Å². The largest absolute Gasteiger partial charge is 0.426 e. The van der Waals surface area contributed by atoms with Crippen molar-refractivity contribution in [2.75, 3.05) is 0 Å². The van der Waals surface area contributed by atoms with Gasteiger partial charge in [0.15, 0.2) is 0 Å². The zero-order valence-electron chi connectivity index (χ0n) is 15.5. The van der Waals surface area contributed by atoms with Crippen LogP contribution in [0.2, 0.25) is 0 Å². The Morgan fingerprint density at radius 3 is 1.70 bits per heavy atom. The zero-order valence-corrected chi connectivity index (χ0v) is 15.5. The van der Waals surface area contributed by atoms with E-state index in [1.165, 1.54) is 12.5 Å². The predicted molar refractivity (Wildman–Crippen MR) is 94.3 cm³/mol. The highest BCUT2D eigenvalue weighted by atomic mass is 16.5. The van der Waals surface area contributed by atoms with Crippen molar-refractivity contribution in [3.8, 4) is 5.75 Å². The van der Waals surface area contributed by atoms with Crippen molar-refractivity contribution >= 4 is 11.8 Å². The molecule has 0 aliphatic heterocycles. The molecule has 0 amide bonds. The molecule has 0 spiro atoms. The maximum Gasteiger partial charge on any atom is 0.311 e. The van der Waals surface area contributed by atoms with E-state index in [2.05, 4.69) is 53.7 Å². The van der Waals surface area contributed by atoms with Gasteiger partial charge in [-0.05, 0) is 41.4 Å². The second kappa shape index (κ2) is 8.28. The van der Waals surface area contributed by atoms with Crippen LogP contribution in [0.5, 0.6) is 5.75 Å².